The highest BCUT2D eigenvalue weighted by Gasteiger charge is 2.19. The molecule has 248 valence electrons. The van der Waals surface area contributed by atoms with Crippen molar-refractivity contribution in [3.8, 4) is 70.0 Å². The molecule has 7 aromatic carbocycles. The molecule has 0 saturated carbocycles. The molecule has 0 aliphatic rings. The summed E-state index contributed by atoms with van der Waals surface area (Å²) in [6.45, 7) is 0. The minimum absolute atomic E-state index is 0.0948. The van der Waals surface area contributed by atoms with E-state index in [-0.39, 0.29) is 22.9 Å². The molecule has 0 spiro atoms. The molecule has 6 heteroatoms. The summed E-state index contributed by atoms with van der Waals surface area (Å²) < 4.78 is 12.9. The Hall–Kier alpha value is -7.72. The van der Waals surface area contributed by atoms with Crippen molar-refractivity contribution in [3.05, 3.63) is 179 Å². The molecule has 0 aliphatic heterocycles. The fourth-order valence-corrected chi connectivity index (χ4v) is 5.36. The molecule has 0 bridgehead atoms. The smallest absolute Gasteiger partial charge is 0.159 e. The first-order chi connectivity index (χ1) is 25.4. The van der Waals surface area contributed by atoms with E-state index >= 15 is 0 Å². The molecule has 0 radical (unpaired) electrons. The van der Waals surface area contributed by atoms with E-state index in [4.69, 9.17) is 20.9 Å². The quantitative estimate of drug-likeness (QED) is 0.0842. The van der Waals surface area contributed by atoms with Crippen molar-refractivity contribution in [2.24, 2.45) is 0 Å². The third-order valence-electron chi connectivity index (χ3n) is 8.02. The summed E-state index contributed by atoms with van der Waals surface area (Å²) in [7, 11) is 0. The number of rotatable bonds is 4. The number of fused-ring (bicyclic) bond motifs is 1. The Balaban J connectivity index is 1.53. The summed E-state index contributed by atoms with van der Waals surface area (Å²) in [6, 6.07) is 43.9. The zero-order valence-electron chi connectivity index (χ0n) is 27.7. The topological polar surface area (TPSA) is 111 Å². The lowest BCUT2D eigenvalue weighted by molar-refractivity contribution is 0.455. The molecule has 7 rings (SSSR count). The van der Waals surface area contributed by atoms with E-state index in [2.05, 4.69) is 35.5 Å². The van der Waals surface area contributed by atoms with Crippen molar-refractivity contribution in [2.45, 2.75) is 0 Å². The molecule has 0 amide bonds. The summed E-state index contributed by atoms with van der Waals surface area (Å²) in [4.78, 5) is 0. The lowest BCUT2D eigenvalue weighted by Crippen LogP contribution is -1.98. The fourth-order valence-electron chi connectivity index (χ4n) is 5.36. The van der Waals surface area contributed by atoms with Crippen LogP contribution in [0.3, 0.4) is 0 Å². The Labute approximate surface area is 301 Å². The largest absolute Gasteiger partial charge is 0.506 e. The van der Waals surface area contributed by atoms with Crippen LogP contribution in [0.1, 0.15) is 33.4 Å². The summed E-state index contributed by atoms with van der Waals surface area (Å²) in [5, 5.41) is 22.2. The van der Waals surface area contributed by atoms with E-state index < -0.39 is 0 Å². The van der Waals surface area contributed by atoms with Crippen LogP contribution in [0, 0.1) is 35.5 Å². The van der Waals surface area contributed by atoms with E-state index in [0.717, 1.165) is 22.1 Å². The predicted molar refractivity (Wildman–Crippen MR) is 206 cm³/mol. The minimum atomic E-state index is -0.110. The van der Waals surface area contributed by atoms with Gasteiger partial charge in [0.15, 0.2) is 5.75 Å². The molecule has 0 fully saturated rings. The van der Waals surface area contributed by atoms with Crippen LogP contribution in [0.2, 0.25) is 0 Å². The van der Waals surface area contributed by atoms with Crippen molar-refractivity contribution in [2.75, 3.05) is 11.5 Å². The Kier molecular flexibility index (Phi) is 9.34. The van der Waals surface area contributed by atoms with Crippen molar-refractivity contribution < 1.29 is 19.7 Å². The highest BCUT2D eigenvalue weighted by Crippen LogP contribution is 2.41. The molecular weight excluding hydrogens is 645 g/mol. The number of nitrogen functional groups attached to an aromatic ring is 2. The molecule has 0 aliphatic carbocycles. The van der Waals surface area contributed by atoms with Gasteiger partial charge >= 0.3 is 0 Å². The third-order valence-corrected chi connectivity index (χ3v) is 8.02. The number of aromatic hydroxyl groups is 2. The van der Waals surface area contributed by atoms with Gasteiger partial charge in [-0.1, -0.05) is 90.1 Å². The van der Waals surface area contributed by atoms with Crippen LogP contribution in [-0.2, 0) is 0 Å². The van der Waals surface area contributed by atoms with Gasteiger partial charge in [0.25, 0.3) is 0 Å². The van der Waals surface area contributed by atoms with Crippen molar-refractivity contribution in [1.82, 2.24) is 0 Å². The highest BCUT2D eigenvalue weighted by atomic mass is 16.5. The Morgan fingerprint density at radius 1 is 0.423 bits per heavy atom. The van der Waals surface area contributed by atoms with Crippen molar-refractivity contribution in [3.63, 3.8) is 0 Å². The number of phenols is 2. The Morgan fingerprint density at radius 3 is 1.42 bits per heavy atom. The summed E-state index contributed by atoms with van der Waals surface area (Å²) in [5.74, 6) is 21.2. The lowest BCUT2D eigenvalue weighted by Gasteiger charge is -2.17. The van der Waals surface area contributed by atoms with Gasteiger partial charge in [-0.3, -0.25) is 0 Å². The van der Waals surface area contributed by atoms with Crippen LogP contribution in [0.25, 0.3) is 10.8 Å². The second-order valence-corrected chi connectivity index (χ2v) is 11.7. The number of hydrogen-bond acceptors (Lipinski definition) is 6. The molecule has 0 atom stereocenters. The second kappa shape index (κ2) is 14.8. The molecule has 6 N–H and O–H groups in total. The number of anilines is 2. The maximum Gasteiger partial charge on any atom is 0.159 e. The van der Waals surface area contributed by atoms with Gasteiger partial charge < -0.3 is 31.2 Å². The average Bonchev–Trinajstić information content (AvgIpc) is 3.17. The number of benzene rings is 7. The second-order valence-electron chi connectivity index (χ2n) is 11.7. The lowest BCUT2D eigenvalue weighted by atomic mass is 9.94. The van der Waals surface area contributed by atoms with Gasteiger partial charge in [-0.2, -0.15) is 0 Å². The summed E-state index contributed by atoms with van der Waals surface area (Å²) >= 11 is 0. The molecule has 0 aromatic heterocycles. The molecule has 0 heterocycles. The van der Waals surface area contributed by atoms with Crippen LogP contribution in [0.5, 0.6) is 34.5 Å². The molecule has 52 heavy (non-hydrogen) atoms. The number of nitrogens with two attached hydrogens (primary N) is 2. The van der Waals surface area contributed by atoms with Gasteiger partial charge in [0.2, 0.25) is 0 Å². The molecule has 7 aromatic rings. The monoisotopic (exact) mass is 674 g/mol. The fraction of sp³-hybridized carbons (Fsp3) is 0. The van der Waals surface area contributed by atoms with E-state index in [1.165, 1.54) is 12.1 Å². The Bertz CT molecular complexity index is 2620. The first-order valence-corrected chi connectivity index (χ1v) is 16.3. The van der Waals surface area contributed by atoms with E-state index in [1.54, 1.807) is 24.3 Å². The van der Waals surface area contributed by atoms with Crippen LogP contribution in [0.4, 0.5) is 11.4 Å². The Morgan fingerprint density at radius 2 is 0.904 bits per heavy atom. The first-order valence-electron chi connectivity index (χ1n) is 16.3. The average molecular weight is 675 g/mol. The molecule has 0 saturated heterocycles. The van der Waals surface area contributed by atoms with Gasteiger partial charge in [0.05, 0.1) is 28.1 Å². The summed E-state index contributed by atoms with van der Waals surface area (Å²) in [6.07, 6.45) is 0. The predicted octanol–water partition coefficient (Wildman–Crippen LogP) is 9.20. The normalized spacial score (nSPS) is 10.2. The van der Waals surface area contributed by atoms with Gasteiger partial charge in [0, 0.05) is 39.6 Å². The molecule has 6 nitrogen and oxygen atoms in total. The van der Waals surface area contributed by atoms with Crippen molar-refractivity contribution in [1.29, 1.82) is 0 Å². The SMILES string of the molecule is Nc1ccc(Oc2ccc3c(C#Cc4ccccc4)c(Oc4ccc(N)c(O)c4)c(C#Cc4ccccc4)cc3c2C#Cc2ccccc2)cc1O. The van der Waals surface area contributed by atoms with Crippen LogP contribution < -0.4 is 20.9 Å². The maximum absolute atomic E-state index is 10.5. The zero-order valence-corrected chi connectivity index (χ0v) is 27.7. The number of phenolic OH excluding ortho intramolecular Hbond substituents is 2. The first kappa shape index (κ1) is 32.8. The van der Waals surface area contributed by atoms with E-state index in [0.29, 0.717) is 45.1 Å². The van der Waals surface area contributed by atoms with E-state index in [1.807, 2.05) is 109 Å². The minimum Gasteiger partial charge on any atom is -0.506 e. The maximum atomic E-state index is 10.5. The zero-order chi connectivity index (χ0) is 35.9. The number of ether oxygens (including phenoxy) is 2. The van der Waals surface area contributed by atoms with Crippen molar-refractivity contribution >= 4 is 22.1 Å². The third kappa shape index (κ3) is 7.46. The van der Waals surface area contributed by atoms with E-state index in [9.17, 15) is 10.2 Å². The van der Waals surface area contributed by atoms with Crippen LogP contribution in [0.15, 0.2) is 146 Å². The standard InChI is InChI=1S/C46H30N2O4/c47-41-25-20-35(29-43(41)49)51-45-27-24-37-39(23-18-33-14-8-3-9-15-33)46(52-36-21-26-42(48)44(50)30-36)34(19-16-31-10-4-1-5-11-31)28-40(37)38(45)22-17-32-12-6-2-7-13-32/h1-15,20-21,24-30,49-50H,47-48H2. The van der Waals surface area contributed by atoms with Gasteiger partial charge in [-0.25, -0.2) is 0 Å². The highest BCUT2D eigenvalue weighted by molar-refractivity contribution is 5.98. The molecular formula is C46H30N2O4. The molecule has 0 unspecified atom stereocenters. The van der Waals surface area contributed by atoms with Crippen LogP contribution in [-0.4, -0.2) is 10.2 Å². The summed E-state index contributed by atoms with van der Waals surface area (Å²) in [5.41, 5.74) is 16.3. The van der Waals surface area contributed by atoms with Crippen LogP contribution >= 0.6 is 0 Å². The van der Waals surface area contributed by atoms with Gasteiger partial charge in [-0.15, -0.1) is 0 Å². The van der Waals surface area contributed by atoms with Gasteiger partial charge in [-0.05, 0) is 78.9 Å². The number of hydrogen-bond donors (Lipinski definition) is 4. The van der Waals surface area contributed by atoms with Gasteiger partial charge in [0.1, 0.15) is 28.7 Å².